The van der Waals surface area contributed by atoms with E-state index in [1.807, 2.05) is 24.4 Å². The number of nitrogens with one attached hydrogen (secondary N) is 4. The van der Waals surface area contributed by atoms with Gasteiger partial charge in [0.1, 0.15) is 5.82 Å². The predicted molar refractivity (Wildman–Crippen MR) is 184 cm³/mol. The average Bonchev–Trinajstić information content (AvgIpc) is 3.85. The Hall–Kier alpha value is -5.15. The summed E-state index contributed by atoms with van der Waals surface area (Å²) in [6.45, 7) is 4.13. The first-order valence-electron chi connectivity index (χ1n) is 16.0. The van der Waals surface area contributed by atoms with Gasteiger partial charge in [-0.2, -0.15) is 0 Å². The van der Waals surface area contributed by atoms with Crippen LogP contribution < -0.4 is 11.1 Å². The second-order valence-corrected chi connectivity index (χ2v) is 12.8. The van der Waals surface area contributed by atoms with Gasteiger partial charge in [0.15, 0.2) is 5.82 Å². The quantitative estimate of drug-likeness (QED) is 0.111. The zero-order valence-electron chi connectivity index (χ0n) is 26.3. The van der Waals surface area contributed by atoms with Gasteiger partial charge in [0, 0.05) is 70.7 Å². The molecule has 4 aromatic heterocycles. The van der Waals surface area contributed by atoms with Crippen molar-refractivity contribution in [1.29, 1.82) is 0 Å². The van der Waals surface area contributed by atoms with Crippen LogP contribution in [0.4, 0.5) is 0 Å². The number of nitrogens with zero attached hydrogens (tertiary/aromatic N) is 3. The van der Waals surface area contributed by atoms with Crippen LogP contribution in [0.5, 0.6) is 0 Å². The molecule has 234 valence electrons. The first kappa shape index (κ1) is 29.6. The highest BCUT2D eigenvalue weighted by Gasteiger charge is 2.29. The van der Waals surface area contributed by atoms with Crippen LogP contribution in [0, 0.1) is 0 Å². The standard InChI is InChI=1S/C37H40N8O/c1-37(2,38)36(46)42-33(20-26-23-41-32-16-8-5-13-29(26)32)35-44-43-34(17-9-10-24-21-39-30-14-6-3-11-27(24)30)45(35)19-18-25-22-40-31-15-7-4-12-28(25)31/h3-8,11-16,21-23,33,39-41H,9-10,17-20,38H2,1-2H3,(H,42,46). The summed E-state index contributed by atoms with van der Waals surface area (Å²) in [5, 5.41) is 16.4. The van der Waals surface area contributed by atoms with Crippen molar-refractivity contribution >= 4 is 38.6 Å². The molecule has 6 N–H and O–H groups in total. The maximum absolute atomic E-state index is 13.4. The summed E-state index contributed by atoms with van der Waals surface area (Å²) in [4.78, 5) is 23.5. The van der Waals surface area contributed by atoms with E-state index < -0.39 is 11.6 Å². The Balaban J connectivity index is 1.22. The first-order valence-corrected chi connectivity index (χ1v) is 16.0. The summed E-state index contributed by atoms with van der Waals surface area (Å²) in [7, 11) is 0. The molecule has 0 spiro atoms. The molecule has 3 aromatic carbocycles. The minimum atomic E-state index is -1.05. The number of fused-ring (bicyclic) bond motifs is 3. The van der Waals surface area contributed by atoms with E-state index >= 15 is 0 Å². The third kappa shape index (κ3) is 5.93. The number of amides is 1. The molecule has 7 rings (SSSR count). The van der Waals surface area contributed by atoms with E-state index in [2.05, 4.69) is 91.8 Å². The van der Waals surface area contributed by atoms with Gasteiger partial charge in [-0.05, 0) is 68.0 Å². The third-order valence-corrected chi connectivity index (χ3v) is 8.96. The SMILES string of the molecule is CC(C)(N)C(=O)NC(Cc1c[nH]c2ccccc12)c1nnc(CCCc2c[nH]c3ccccc23)n1CCc1c[nH]c2ccccc12. The van der Waals surface area contributed by atoms with Crippen LogP contribution in [-0.2, 0) is 37.0 Å². The number of para-hydroxylation sites is 3. The van der Waals surface area contributed by atoms with Gasteiger partial charge in [0.05, 0.1) is 11.6 Å². The van der Waals surface area contributed by atoms with Crippen molar-refractivity contribution in [2.75, 3.05) is 0 Å². The number of H-pyrrole nitrogens is 3. The van der Waals surface area contributed by atoms with Crippen molar-refractivity contribution in [1.82, 2.24) is 35.0 Å². The number of benzene rings is 3. The monoisotopic (exact) mass is 612 g/mol. The van der Waals surface area contributed by atoms with E-state index in [1.165, 1.54) is 21.9 Å². The van der Waals surface area contributed by atoms with Gasteiger partial charge in [-0.25, -0.2) is 0 Å². The molecular formula is C37H40N8O. The van der Waals surface area contributed by atoms with E-state index in [-0.39, 0.29) is 5.91 Å². The number of aromatic amines is 3. The summed E-state index contributed by atoms with van der Waals surface area (Å²) >= 11 is 0. The lowest BCUT2D eigenvalue weighted by Gasteiger charge is -2.24. The van der Waals surface area contributed by atoms with Crippen molar-refractivity contribution in [3.8, 4) is 0 Å². The minimum absolute atomic E-state index is 0.232. The number of hydrogen-bond acceptors (Lipinski definition) is 4. The van der Waals surface area contributed by atoms with Crippen molar-refractivity contribution in [3.05, 3.63) is 120 Å². The molecule has 1 atom stereocenters. The van der Waals surface area contributed by atoms with Crippen molar-refractivity contribution in [2.24, 2.45) is 5.73 Å². The topological polar surface area (TPSA) is 133 Å². The molecule has 0 bridgehead atoms. The minimum Gasteiger partial charge on any atom is -0.361 e. The molecule has 0 aliphatic carbocycles. The van der Waals surface area contributed by atoms with E-state index in [0.717, 1.165) is 64.8 Å². The van der Waals surface area contributed by atoms with Crippen LogP contribution in [0.25, 0.3) is 32.7 Å². The molecule has 46 heavy (non-hydrogen) atoms. The molecule has 0 saturated heterocycles. The van der Waals surface area contributed by atoms with Crippen LogP contribution in [-0.4, -0.2) is 41.2 Å². The van der Waals surface area contributed by atoms with E-state index in [1.54, 1.807) is 13.8 Å². The number of hydrogen-bond donors (Lipinski definition) is 5. The van der Waals surface area contributed by atoms with E-state index in [9.17, 15) is 4.79 Å². The summed E-state index contributed by atoms with van der Waals surface area (Å²) in [6, 6.07) is 24.6. The Labute approximate surface area is 267 Å². The fourth-order valence-corrected chi connectivity index (χ4v) is 6.45. The largest absolute Gasteiger partial charge is 0.361 e. The molecule has 9 nitrogen and oxygen atoms in total. The predicted octanol–water partition coefficient (Wildman–Crippen LogP) is 6.28. The number of carbonyl (C=O) groups is 1. The van der Waals surface area contributed by atoms with Gasteiger partial charge in [0.2, 0.25) is 5.91 Å². The van der Waals surface area contributed by atoms with Gasteiger partial charge in [-0.1, -0.05) is 54.6 Å². The molecule has 0 aliphatic rings. The zero-order valence-corrected chi connectivity index (χ0v) is 26.3. The smallest absolute Gasteiger partial charge is 0.240 e. The molecule has 9 heteroatoms. The first-order chi connectivity index (χ1) is 22.3. The molecule has 0 aliphatic heterocycles. The average molecular weight is 613 g/mol. The van der Waals surface area contributed by atoms with E-state index in [4.69, 9.17) is 15.9 Å². The number of carbonyl (C=O) groups excluding carboxylic acids is 1. The lowest BCUT2D eigenvalue weighted by molar-refractivity contribution is -0.126. The molecule has 0 fully saturated rings. The summed E-state index contributed by atoms with van der Waals surface area (Å²) in [5.41, 5.74) is 12.2. The fraction of sp³-hybridized carbons (Fsp3) is 0.270. The maximum Gasteiger partial charge on any atom is 0.240 e. The number of aromatic nitrogens is 6. The second-order valence-electron chi connectivity index (χ2n) is 12.8. The highest BCUT2D eigenvalue weighted by atomic mass is 16.2. The van der Waals surface area contributed by atoms with Gasteiger partial charge in [-0.15, -0.1) is 10.2 Å². The molecule has 0 radical (unpaired) electrons. The molecule has 1 amide bonds. The second kappa shape index (κ2) is 12.3. The molecule has 1 unspecified atom stereocenters. The Kier molecular flexibility index (Phi) is 7.92. The van der Waals surface area contributed by atoms with Crippen molar-refractivity contribution in [2.45, 2.75) is 64.1 Å². The highest BCUT2D eigenvalue weighted by molar-refractivity contribution is 5.86. The van der Waals surface area contributed by atoms with Gasteiger partial charge in [0.25, 0.3) is 0 Å². The normalized spacial score (nSPS) is 12.8. The fourth-order valence-electron chi connectivity index (χ4n) is 6.45. The van der Waals surface area contributed by atoms with Gasteiger partial charge in [-0.3, -0.25) is 4.79 Å². The highest BCUT2D eigenvalue weighted by Crippen LogP contribution is 2.27. The maximum atomic E-state index is 13.4. The van der Waals surface area contributed by atoms with Crippen molar-refractivity contribution in [3.63, 3.8) is 0 Å². The Morgan fingerprint density at radius 2 is 1.28 bits per heavy atom. The van der Waals surface area contributed by atoms with Crippen LogP contribution in [0.15, 0.2) is 91.4 Å². The van der Waals surface area contributed by atoms with Crippen molar-refractivity contribution < 1.29 is 4.79 Å². The van der Waals surface area contributed by atoms with Gasteiger partial charge < -0.3 is 30.6 Å². The molecule has 7 aromatic rings. The lowest BCUT2D eigenvalue weighted by atomic mass is 10.0. The molecular weight excluding hydrogens is 572 g/mol. The number of rotatable bonds is 12. The third-order valence-electron chi connectivity index (χ3n) is 8.96. The van der Waals surface area contributed by atoms with Crippen LogP contribution in [0.3, 0.4) is 0 Å². The Morgan fingerprint density at radius 1 is 0.761 bits per heavy atom. The molecule has 4 heterocycles. The van der Waals surface area contributed by atoms with Crippen LogP contribution >= 0.6 is 0 Å². The zero-order chi connectivity index (χ0) is 31.7. The van der Waals surface area contributed by atoms with Crippen LogP contribution in [0.2, 0.25) is 0 Å². The molecule has 0 saturated carbocycles. The number of aryl methyl sites for hydroxylation is 3. The summed E-state index contributed by atoms with van der Waals surface area (Å²) < 4.78 is 2.22. The van der Waals surface area contributed by atoms with E-state index in [0.29, 0.717) is 13.0 Å². The van der Waals surface area contributed by atoms with Gasteiger partial charge >= 0.3 is 0 Å². The Morgan fingerprint density at radius 3 is 1.87 bits per heavy atom. The Bertz CT molecular complexity index is 2120. The van der Waals surface area contributed by atoms with Crippen LogP contribution in [0.1, 0.15) is 54.6 Å². The lowest BCUT2D eigenvalue weighted by Crippen LogP contribution is -2.50. The number of nitrogens with two attached hydrogens (primary N) is 1. The summed E-state index contributed by atoms with van der Waals surface area (Å²) in [5.74, 6) is 1.43. The summed E-state index contributed by atoms with van der Waals surface area (Å²) in [6.07, 6.45) is 10.2.